The van der Waals surface area contributed by atoms with E-state index in [1.54, 1.807) is 19.3 Å². The van der Waals surface area contributed by atoms with Crippen molar-refractivity contribution in [3.05, 3.63) is 101 Å². The summed E-state index contributed by atoms with van der Waals surface area (Å²) in [6, 6.07) is 22.6. The lowest BCUT2D eigenvalue weighted by molar-refractivity contribution is 0.306. The molecular formula is C25H20O4. The highest BCUT2D eigenvalue weighted by Crippen LogP contribution is 2.26. The molecule has 29 heavy (non-hydrogen) atoms. The quantitative estimate of drug-likeness (QED) is 0.401. The molecule has 0 atom stereocenters. The van der Waals surface area contributed by atoms with Gasteiger partial charge < -0.3 is 13.9 Å². The number of hydrogen-bond donors (Lipinski definition) is 0. The summed E-state index contributed by atoms with van der Waals surface area (Å²) in [4.78, 5) is 12.5. The van der Waals surface area contributed by atoms with Crippen LogP contribution >= 0.6 is 0 Å². The molecule has 1 aromatic heterocycles. The first-order chi connectivity index (χ1) is 14.2. The summed E-state index contributed by atoms with van der Waals surface area (Å²) in [5.41, 5.74) is 3.51. The van der Waals surface area contributed by atoms with Gasteiger partial charge in [0.1, 0.15) is 23.7 Å². The van der Waals surface area contributed by atoms with Gasteiger partial charge in [0.05, 0.1) is 12.7 Å². The van der Waals surface area contributed by atoms with Crippen molar-refractivity contribution in [1.29, 1.82) is 0 Å². The van der Waals surface area contributed by atoms with Crippen LogP contribution in [0, 0.1) is 0 Å². The largest absolute Gasteiger partial charge is 0.497 e. The molecule has 0 aliphatic carbocycles. The second-order valence-corrected chi connectivity index (χ2v) is 6.61. The highest BCUT2D eigenvalue weighted by atomic mass is 16.5. The first-order valence-corrected chi connectivity index (χ1v) is 9.23. The summed E-state index contributed by atoms with van der Waals surface area (Å²) in [6.07, 6.45) is 1.80. The van der Waals surface area contributed by atoms with Gasteiger partial charge >= 0.3 is 5.63 Å². The van der Waals surface area contributed by atoms with Crippen molar-refractivity contribution < 1.29 is 13.9 Å². The Hall–Kier alpha value is -3.79. The fraction of sp³-hybridized carbons (Fsp3) is 0.0800. The molecule has 3 aromatic carbocycles. The zero-order chi connectivity index (χ0) is 20.2. The molecule has 0 N–H and O–H groups in total. The summed E-state index contributed by atoms with van der Waals surface area (Å²) < 4.78 is 16.6. The normalized spacial score (nSPS) is 10.7. The second kappa shape index (κ2) is 8.07. The molecule has 0 spiro atoms. The van der Waals surface area contributed by atoms with Crippen LogP contribution in [0.25, 0.3) is 28.2 Å². The van der Waals surface area contributed by atoms with Crippen LogP contribution in [-0.2, 0) is 6.61 Å². The molecule has 0 bridgehead atoms. The van der Waals surface area contributed by atoms with Crippen LogP contribution in [0.1, 0.15) is 11.1 Å². The summed E-state index contributed by atoms with van der Waals surface area (Å²) in [6.45, 7) is 4.18. The van der Waals surface area contributed by atoms with E-state index in [1.807, 2.05) is 66.7 Å². The molecule has 0 amide bonds. The molecule has 0 aliphatic heterocycles. The lowest BCUT2D eigenvalue weighted by atomic mass is 10.1. The van der Waals surface area contributed by atoms with E-state index in [0.717, 1.165) is 27.8 Å². The standard InChI is InChI=1S/C25H20O4/c1-3-17-4-6-18(7-5-17)16-28-22-13-10-20-14-23(25(26)29-24(20)15-22)19-8-11-21(27-2)12-9-19/h3-15H,1,16H2,2H3. The molecule has 0 aliphatic rings. The average molecular weight is 384 g/mol. The van der Waals surface area contributed by atoms with Gasteiger partial charge in [0, 0.05) is 11.5 Å². The predicted octanol–water partition coefficient (Wildman–Crippen LogP) is 5.69. The van der Waals surface area contributed by atoms with Crippen molar-refractivity contribution in [3.63, 3.8) is 0 Å². The minimum absolute atomic E-state index is 0.389. The highest BCUT2D eigenvalue weighted by Gasteiger charge is 2.09. The Labute approximate surface area is 168 Å². The van der Waals surface area contributed by atoms with E-state index < -0.39 is 0 Å². The van der Waals surface area contributed by atoms with Crippen LogP contribution in [0.15, 0.2) is 88.6 Å². The molecule has 0 saturated carbocycles. The van der Waals surface area contributed by atoms with Gasteiger partial charge in [0.25, 0.3) is 0 Å². The van der Waals surface area contributed by atoms with Gasteiger partial charge in [-0.1, -0.05) is 49.1 Å². The van der Waals surface area contributed by atoms with Crippen LogP contribution in [0.5, 0.6) is 11.5 Å². The van der Waals surface area contributed by atoms with Crippen LogP contribution in [0.4, 0.5) is 0 Å². The van der Waals surface area contributed by atoms with E-state index in [0.29, 0.717) is 23.5 Å². The van der Waals surface area contributed by atoms with Crippen LogP contribution in [0.3, 0.4) is 0 Å². The van der Waals surface area contributed by atoms with Gasteiger partial charge in [-0.25, -0.2) is 4.79 Å². The van der Waals surface area contributed by atoms with Crippen molar-refractivity contribution in [2.75, 3.05) is 7.11 Å². The third-order valence-electron chi connectivity index (χ3n) is 4.73. The topological polar surface area (TPSA) is 48.7 Å². The van der Waals surface area contributed by atoms with Gasteiger partial charge in [-0.15, -0.1) is 0 Å². The summed E-state index contributed by atoms with van der Waals surface area (Å²) in [5, 5.41) is 0.832. The Morgan fingerprint density at radius 1 is 0.931 bits per heavy atom. The number of rotatable bonds is 6. The van der Waals surface area contributed by atoms with Gasteiger partial charge in [0.2, 0.25) is 0 Å². The van der Waals surface area contributed by atoms with Crippen molar-refractivity contribution >= 4 is 17.0 Å². The molecular weight excluding hydrogens is 364 g/mol. The minimum atomic E-state index is -0.389. The molecule has 4 heteroatoms. The zero-order valence-corrected chi connectivity index (χ0v) is 16.1. The van der Waals surface area contributed by atoms with Crippen molar-refractivity contribution in [2.45, 2.75) is 6.61 Å². The van der Waals surface area contributed by atoms with E-state index in [-0.39, 0.29) is 5.63 Å². The summed E-state index contributed by atoms with van der Waals surface area (Å²) in [7, 11) is 1.61. The summed E-state index contributed by atoms with van der Waals surface area (Å²) >= 11 is 0. The molecule has 0 unspecified atom stereocenters. The molecule has 0 radical (unpaired) electrons. The highest BCUT2D eigenvalue weighted by molar-refractivity contribution is 5.82. The molecule has 4 aromatic rings. The van der Waals surface area contributed by atoms with E-state index in [4.69, 9.17) is 13.9 Å². The van der Waals surface area contributed by atoms with Gasteiger partial charge in [-0.3, -0.25) is 0 Å². The Morgan fingerprint density at radius 2 is 1.66 bits per heavy atom. The maximum atomic E-state index is 12.5. The molecule has 0 saturated heterocycles. The van der Waals surface area contributed by atoms with Crippen molar-refractivity contribution in [3.8, 4) is 22.6 Å². The molecule has 144 valence electrons. The van der Waals surface area contributed by atoms with Crippen LogP contribution < -0.4 is 15.1 Å². The SMILES string of the molecule is C=Cc1ccc(COc2ccc3cc(-c4ccc(OC)cc4)c(=O)oc3c2)cc1. The van der Waals surface area contributed by atoms with E-state index >= 15 is 0 Å². The van der Waals surface area contributed by atoms with Crippen LogP contribution in [-0.4, -0.2) is 7.11 Å². The van der Waals surface area contributed by atoms with Gasteiger partial charge in [-0.2, -0.15) is 0 Å². The molecule has 4 nitrogen and oxygen atoms in total. The van der Waals surface area contributed by atoms with E-state index in [1.165, 1.54) is 0 Å². The number of methoxy groups -OCH3 is 1. The smallest absolute Gasteiger partial charge is 0.344 e. The first kappa shape index (κ1) is 18.6. The first-order valence-electron chi connectivity index (χ1n) is 9.23. The summed E-state index contributed by atoms with van der Waals surface area (Å²) in [5.74, 6) is 1.38. The van der Waals surface area contributed by atoms with Crippen LogP contribution in [0.2, 0.25) is 0 Å². The second-order valence-electron chi connectivity index (χ2n) is 6.61. The molecule has 4 rings (SSSR count). The number of hydrogen-bond acceptors (Lipinski definition) is 4. The van der Waals surface area contributed by atoms with Crippen molar-refractivity contribution in [2.24, 2.45) is 0 Å². The monoisotopic (exact) mass is 384 g/mol. The van der Waals surface area contributed by atoms with Crippen molar-refractivity contribution in [1.82, 2.24) is 0 Å². The Bertz CT molecular complexity index is 1200. The Balaban J connectivity index is 1.57. The predicted molar refractivity (Wildman–Crippen MR) is 115 cm³/mol. The Morgan fingerprint density at radius 3 is 2.34 bits per heavy atom. The molecule has 1 heterocycles. The number of fused-ring (bicyclic) bond motifs is 1. The maximum absolute atomic E-state index is 12.5. The third-order valence-corrected chi connectivity index (χ3v) is 4.73. The van der Waals surface area contributed by atoms with Gasteiger partial charge in [-0.05, 0) is 47.0 Å². The number of benzene rings is 3. The fourth-order valence-electron chi connectivity index (χ4n) is 3.07. The molecule has 0 fully saturated rings. The Kier molecular flexibility index (Phi) is 5.16. The zero-order valence-electron chi connectivity index (χ0n) is 16.1. The fourth-order valence-corrected chi connectivity index (χ4v) is 3.07. The number of ether oxygens (including phenoxy) is 2. The average Bonchev–Trinajstić information content (AvgIpc) is 2.77. The third kappa shape index (κ3) is 4.06. The lowest BCUT2D eigenvalue weighted by Crippen LogP contribution is -2.03. The van der Waals surface area contributed by atoms with E-state index in [9.17, 15) is 4.79 Å². The lowest BCUT2D eigenvalue weighted by Gasteiger charge is -2.08. The van der Waals surface area contributed by atoms with E-state index in [2.05, 4.69) is 6.58 Å². The maximum Gasteiger partial charge on any atom is 0.344 e. The minimum Gasteiger partial charge on any atom is -0.497 e. The van der Waals surface area contributed by atoms with Gasteiger partial charge in [0.15, 0.2) is 0 Å².